The summed E-state index contributed by atoms with van der Waals surface area (Å²) in [6, 6.07) is 54.5. The Balaban J connectivity index is 1.07. The summed E-state index contributed by atoms with van der Waals surface area (Å²) in [6.07, 6.45) is 3.67. The van der Waals surface area contributed by atoms with E-state index >= 15 is 0 Å². The van der Waals surface area contributed by atoms with Crippen LogP contribution in [0.2, 0.25) is 0 Å². The van der Waals surface area contributed by atoms with E-state index in [-0.39, 0.29) is 0 Å². The third kappa shape index (κ3) is 4.52. The average Bonchev–Trinajstić information content (AvgIpc) is 3.85. The molecular weight excluding hydrogens is 617 g/mol. The fraction of sp³-hybridized carbons (Fsp3) is 0.0233. The lowest BCUT2D eigenvalue weighted by Gasteiger charge is -2.22. The van der Waals surface area contributed by atoms with Gasteiger partial charge in [-0.1, -0.05) is 66.7 Å². The highest BCUT2D eigenvalue weighted by atomic mass is 16.5. The van der Waals surface area contributed by atoms with Gasteiger partial charge in [-0.2, -0.15) is 0 Å². The summed E-state index contributed by atoms with van der Waals surface area (Å²) in [7, 11) is 0. The molecular formula is C43H30N6O. The van der Waals surface area contributed by atoms with Gasteiger partial charge in [0.2, 0.25) is 5.95 Å². The standard InChI is InChI=1S/C43H30N6O/c1-2-12-30(13-3-1)46-29-47(41-22-9-8-21-40(41)46)31-14-10-16-33(26-31)50-34-23-24-36-35-17-4-6-19-38(35)49(42(36)27-34)43-45-37-18-5-7-20-39(37)48(43)32-15-11-25-44-28-32/h1-28H,29H2. The Labute approximate surface area is 288 Å². The van der Waals surface area contributed by atoms with Gasteiger partial charge in [-0.05, 0) is 78.9 Å². The molecule has 0 atom stereocenters. The van der Waals surface area contributed by atoms with Crippen LogP contribution >= 0.6 is 0 Å². The maximum Gasteiger partial charge on any atom is 0.220 e. The number of anilines is 4. The number of pyridine rings is 1. The number of ether oxygens (including phenoxy) is 1. The minimum Gasteiger partial charge on any atom is -0.457 e. The molecule has 0 spiro atoms. The molecule has 0 unspecified atom stereocenters. The highest BCUT2D eigenvalue weighted by Crippen LogP contribution is 2.45. The Hall–Kier alpha value is -6.86. The molecule has 238 valence electrons. The smallest absolute Gasteiger partial charge is 0.220 e. The van der Waals surface area contributed by atoms with Gasteiger partial charge in [-0.25, -0.2) is 4.98 Å². The van der Waals surface area contributed by atoms with E-state index < -0.39 is 0 Å². The molecule has 7 nitrogen and oxygen atoms in total. The van der Waals surface area contributed by atoms with E-state index in [9.17, 15) is 0 Å². The van der Waals surface area contributed by atoms with Crippen LogP contribution in [0.5, 0.6) is 11.5 Å². The molecule has 50 heavy (non-hydrogen) atoms. The van der Waals surface area contributed by atoms with Gasteiger partial charge in [0.1, 0.15) is 18.2 Å². The summed E-state index contributed by atoms with van der Waals surface area (Å²) in [5.41, 5.74) is 9.52. The number of rotatable bonds is 6. The molecule has 9 aromatic rings. The summed E-state index contributed by atoms with van der Waals surface area (Å²) >= 11 is 0. The predicted octanol–water partition coefficient (Wildman–Crippen LogP) is 10.6. The first-order chi connectivity index (χ1) is 24.8. The van der Waals surface area contributed by atoms with E-state index in [4.69, 9.17) is 9.72 Å². The van der Waals surface area contributed by atoms with Crippen molar-refractivity contribution in [3.8, 4) is 23.1 Å². The van der Waals surface area contributed by atoms with E-state index in [2.05, 4.69) is 157 Å². The minimum absolute atomic E-state index is 0.705. The SMILES string of the molecule is c1ccc(N2CN(c3cccc(Oc4ccc5c6ccccc6n(-c6nc7ccccc7n6-c6cccnc6)c5c4)c3)c3ccccc32)cc1. The number of imidazole rings is 1. The first kappa shape index (κ1) is 28.2. The monoisotopic (exact) mass is 646 g/mol. The molecule has 1 aliphatic rings. The van der Waals surface area contributed by atoms with Gasteiger partial charge in [-0.15, -0.1) is 0 Å². The zero-order chi connectivity index (χ0) is 33.0. The van der Waals surface area contributed by atoms with Crippen molar-refractivity contribution in [3.63, 3.8) is 0 Å². The molecule has 10 rings (SSSR count). The summed E-state index contributed by atoms with van der Waals surface area (Å²) in [6.45, 7) is 0.705. The third-order valence-electron chi connectivity index (χ3n) is 9.47. The first-order valence-corrected chi connectivity index (χ1v) is 16.7. The topological polar surface area (TPSA) is 51.4 Å². The second-order valence-corrected chi connectivity index (χ2v) is 12.4. The van der Waals surface area contributed by atoms with Crippen LogP contribution in [0.15, 0.2) is 170 Å². The number of nitrogens with zero attached hydrogens (tertiary/aromatic N) is 6. The molecule has 0 amide bonds. The molecule has 0 saturated carbocycles. The molecule has 0 fully saturated rings. The van der Waals surface area contributed by atoms with Crippen LogP contribution in [0.1, 0.15) is 0 Å². The number of aromatic nitrogens is 4. The van der Waals surface area contributed by atoms with Crippen molar-refractivity contribution in [2.45, 2.75) is 0 Å². The molecule has 7 heteroatoms. The quantitative estimate of drug-likeness (QED) is 0.180. The molecule has 0 bridgehead atoms. The number of benzene rings is 6. The lowest BCUT2D eigenvalue weighted by molar-refractivity contribution is 0.483. The number of hydrogen-bond acceptors (Lipinski definition) is 5. The van der Waals surface area contributed by atoms with Crippen molar-refractivity contribution in [3.05, 3.63) is 170 Å². The maximum atomic E-state index is 6.66. The Morgan fingerprint density at radius 2 is 1.16 bits per heavy atom. The normalized spacial score (nSPS) is 12.6. The zero-order valence-corrected chi connectivity index (χ0v) is 27.0. The van der Waals surface area contributed by atoms with Crippen molar-refractivity contribution in [2.75, 3.05) is 16.5 Å². The zero-order valence-electron chi connectivity index (χ0n) is 27.0. The van der Waals surface area contributed by atoms with Gasteiger partial charge in [0, 0.05) is 40.5 Å². The second-order valence-electron chi connectivity index (χ2n) is 12.4. The Morgan fingerprint density at radius 3 is 2.00 bits per heavy atom. The van der Waals surface area contributed by atoms with Gasteiger partial charge >= 0.3 is 0 Å². The van der Waals surface area contributed by atoms with Gasteiger partial charge in [0.15, 0.2) is 0 Å². The lowest BCUT2D eigenvalue weighted by Crippen LogP contribution is -2.23. The van der Waals surface area contributed by atoms with Crippen molar-refractivity contribution < 1.29 is 4.74 Å². The molecule has 6 aromatic carbocycles. The van der Waals surface area contributed by atoms with Gasteiger partial charge < -0.3 is 14.5 Å². The maximum absolute atomic E-state index is 6.66. The molecule has 4 heterocycles. The predicted molar refractivity (Wildman–Crippen MR) is 202 cm³/mol. The van der Waals surface area contributed by atoms with Gasteiger partial charge in [0.25, 0.3) is 0 Å². The number of fused-ring (bicyclic) bond motifs is 5. The van der Waals surface area contributed by atoms with Crippen LogP contribution in [-0.2, 0) is 0 Å². The van der Waals surface area contributed by atoms with Crippen LogP contribution in [0, 0.1) is 0 Å². The summed E-state index contributed by atoms with van der Waals surface area (Å²) in [5.74, 6) is 2.30. The van der Waals surface area contributed by atoms with Crippen molar-refractivity contribution in [1.82, 2.24) is 19.1 Å². The van der Waals surface area contributed by atoms with Crippen molar-refractivity contribution >= 4 is 55.6 Å². The molecule has 0 radical (unpaired) electrons. The van der Waals surface area contributed by atoms with Crippen molar-refractivity contribution in [1.29, 1.82) is 0 Å². The van der Waals surface area contributed by atoms with E-state index in [1.54, 1.807) is 6.20 Å². The van der Waals surface area contributed by atoms with E-state index in [1.165, 1.54) is 5.69 Å². The molecule has 0 saturated heterocycles. The van der Waals surface area contributed by atoms with E-state index in [1.807, 2.05) is 30.5 Å². The Morgan fingerprint density at radius 1 is 0.480 bits per heavy atom. The van der Waals surface area contributed by atoms with E-state index in [0.29, 0.717) is 6.67 Å². The molecule has 3 aromatic heterocycles. The first-order valence-electron chi connectivity index (χ1n) is 16.7. The van der Waals surface area contributed by atoms with E-state index in [0.717, 1.165) is 73.0 Å². The van der Waals surface area contributed by atoms with Crippen LogP contribution in [0.25, 0.3) is 44.5 Å². The minimum atomic E-state index is 0.705. The van der Waals surface area contributed by atoms with Crippen LogP contribution < -0.4 is 14.5 Å². The molecule has 0 N–H and O–H groups in total. The summed E-state index contributed by atoms with van der Waals surface area (Å²) in [5, 5.41) is 2.28. The fourth-order valence-electron chi connectivity index (χ4n) is 7.25. The Kier molecular flexibility index (Phi) is 6.42. The van der Waals surface area contributed by atoms with Crippen LogP contribution in [0.4, 0.5) is 22.7 Å². The summed E-state index contributed by atoms with van der Waals surface area (Å²) in [4.78, 5) is 14.3. The highest BCUT2D eigenvalue weighted by molar-refractivity contribution is 6.09. The highest BCUT2D eigenvalue weighted by Gasteiger charge is 2.28. The second kappa shape index (κ2) is 11.4. The van der Waals surface area contributed by atoms with Crippen LogP contribution in [-0.4, -0.2) is 25.8 Å². The Bertz CT molecular complexity index is 2680. The molecule has 0 aliphatic carbocycles. The van der Waals surface area contributed by atoms with Crippen molar-refractivity contribution in [2.24, 2.45) is 0 Å². The van der Waals surface area contributed by atoms with Gasteiger partial charge in [-0.3, -0.25) is 14.1 Å². The number of hydrogen-bond donors (Lipinski definition) is 0. The third-order valence-corrected chi connectivity index (χ3v) is 9.47. The lowest BCUT2D eigenvalue weighted by atomic mass is 10.1. The van der Waals surface area contributed by atoms with Gasteiger partial charge in [0.05, 0.1) is 45.3 Å². The number of para-hydroxylation sites is 6. The molecule has 1 aliphatic heterocycles. The fourth-order valence-corrected chi connectivity index (χ4v) is 7.25. The largest absolute Gasteiger partial charge is 0.457 e. The van der Waals surface area contributed by atoms with Crippen LogP contribution in [0.3, 0.4) is 0 Å². The summed E-state index contributed by atoms with van der Waals surface area (Å²) < 4.78 is 11.1. The average molecular weight is 647 g/mol.